The molecule has 0 fully saturated rings. The number of nitrogens with zero attached hydrogens (tertiary/aromatic N) is 2. The zero-order valence-corrected chi connectivity index (χ0v) is 13.2. The van der Waals surface area contributed by atoms with Crippen LogP contribution in [0.2, 0.25) is 0 Å². The van der Waals surface area contributed by atoms with Gasteiger partial charge in [0, 0.05) is 39.9 Å². The van der Waals surface area contributed by atoms with Crippen molar-refractivity contribution in [2.24, 2.45) is 4.99 Å². The van der Waals surface area contributed by atoms with E-state index in [0.29, 0.717) is 6.54 Å². The predicted molar refractivity (Wildman–Crippen MR) is 85.0 cm³/mol. The molecule has 0 aliphatic carbocycles. The average Bonchev–Trinajstić information content (AvgIpc) is 2.48. The zero-order valence-electron chi connectivity index (χ0n) is 13.2. The standard InChI is InChI=1S/C16H26FN3O/c1-4-18-16(19-11-6-12-21-5-2)20(3)13-14-7-9-15(17)10-8-14/h7-10H,4-6,11-13H2,1-3H3,(H,18,19). The fraction of sp³-hybridized carbons (Fsp3) is 0.562. The molecule has 0 spiro atoms. The smallest absolute Gasteiger partial charge is 0.193 e. The number of aliphatic imine (C=N–C) groups is 1. The van der Waals surface area contributed by atoms with E-state index >= 15 is 0 Å². The molecule has 4 nitrogen and oxygen atoms in total. The fourth-order valence-electron chi connectivity index (χ4n) is 1.90. The molecule has 1 aromatic carbocycles. The summed E-state index contributed by atoms with van der Waals surface area (Å²) in [6.07, 6.45) is 0.910. The van der Waals surface area contributed by atoms with Crippen molar-refractivity contribution in [3.63, 3.8) is 0 Å². The summed E-state index contributed by atoms with van der Waals surface area (Å²) in [7, 11) is 1.98. The summed E-state index contributed by atoms with van der Waals surface area (Å²) in [4.78, 5) is 6.62. The molecule has 5 heteroatoms. The van der Waals surface area contributed by atoms with Crippen LogP contribution in [0, 0.1) is 5.82 Å². The molecule has 0 aliphatic rings. The molecule has 0 radical (unpaired) electrons. The highest BCUT2D eigenvalue weighted by Crippen LogP contribution is 2.05. The van der Waals surface area contributed by atoms with E-state index in [4.69, 9.17) is 4.74 Å². The van der Waals surface area contributed by atoms with Gasteiger partial charge in [0.15, 0.2) is 5.96 Å². The number of guanidine groups is 1. The van der Waals surface area contributed by atoms with Gasteiger partial charge >= 0.3 is 0 Å². The lowest BCUT2D eigenvalue weighted by molar-refractivity contribution is 0.146. The quantitative estimate of drug-likeness (QED) is 0.455. The largest absolute Gasteiger partial charge is 0.382 e. The second-order valence-corrected chi connectivity index (χ2v) is 4.77. The van der Waals surface area contributed by atoms with Crippen LogP contribution in [-0.4, -0.2) is 44.2 Å². The SMILES string of the molecule is CCNC(=NCCCOCC)N(C)Cc1ccc(F)cc1. The molecule has 0 amide bonds. The van der Waals surface area contributed by atoms with E-state index in [1.807, 2.05) is 25.8 Å². The summed E-state index contributed by atoms with van der Waals surface area (Å²) >= 11 is 0. The Bertz CT molecular complexity index is 420. The highest BCUT2D eigenvalue weighted by molar-refractivity contribution is 5.79. The van der Waals surface area contributed by atoms with Crippen molar-refractivity contribution in [1.82, 2.24) is 10.2 Å². The van der Waals surface area contributed by atoms with Gasteiger partial charge in [-0.15, -0.1) is 0 Å². The molecule has 0 heterocycles. The molecule has 21 heavy (non-hydrogen) atoms. The Hall–Kier alpha value is -1.62. The van der Waals surface area contributed by atoms with Crippen molar-refractivity contribution in [3.8, 4) is 0 Å². The van der Waals surface area contributed by atoms with E-state index in [1.54, 1.807) is 12.1 Å². The lowest BCUT2D eigenvalue weighted by atomic mass is 10.2. The van der Waals surface area contributed by atoms with Gasteiger partial charge in [0.05, 0.1) is 0 Å². The first kappa shape index (κ1) is 17.4. The van der Waals surface area contributed by atoms with Crippen LogP contribution < -0.4 is 5.32 Å². The number of hydrogen-bond acceptors (Lipinski definition) is 2. The van der Waals surface area contributed by atoms with Gasteiger partial charge in [-0.2, -0.15) is 0 Å². The second kappa shape index (κ2) is 10.2. The van der Waals surface area contributed by atoms with Crippen LogP contribution >= 0.6 is 0 Å². The number of hydrogen-bond donors (Lipinski definition) is 1. The van der Waals surface area contributed by atoms with Gasteiger partial charge in [-0.25, -0.2) is 4.39 Å². The van der Waals surface area contributed by atoms with E-state index in [-0.39, 0.29) is 5.82 Å². The molecule has 0 bridgehead atoms. The van der Waals surface area contributed by atoms with Crippen molar-refractivity contribution >= 4 is 5.96 Å². The van der Waals surface area contributed by atoms with Crippen LogP contribution in [0.5, 0.6) is 0 Å². The van der Waals surface area contributed by atoms with Crippen LogP contribution in [0.15, 0.2) is 29.3 Å². The lowest BCUT2D eigenvalue weighted by Crippen LogP contribution is -2.38. The van der Waals surface area contributed by atoms with Crippen molar-refractivity contribution in [2.75, 3.05) is 33.4 Å². The molecule has 0 aromatic heterocycles. The van der Waals surface area contributed by atoms with Crippen molar-refractivity contribution in [2.45, 2.75) is 26.8 Å². The number of benzene rings is 1. The van der Waals surface area contributed by atoms with Gasteiger partial charge in [-0.05, 0) is 38.0 Å². The summed E-state index contributed by atoms with van der Waals surface area (Å²) in [6.45, 7) is 7.76. The predicted octanol–water partition coefficient (Wildman–Crippen LogP) is 2.65. The Morgan fingerprint density at radius 1 is 1.29 bits per heavy atom. The minimum absolute atomic E-state index is 0.210. The summed E-state index contributed by atoms with van der Waals surface area (Å²) in [6, 6.07) is 6.56. The first-order chi connectivity index (χ1) is 10.2. The Morgan fingerprint density at radius 2 is 2.00 bits per heavy atom. The van der Waals surface area contributed by atoms with Crippen LogP contribution in [0.25, 0.3) is 0 Å². The minimum atomic E-state index is -0.210. The topological polar surface area (TPSA) is 36.9 Å². The maximum atomic E-state index is 12.9. The highest BCUT2D eigenvalue weighted by atomic mass is 19.1. The molecule has 1 rings (SSSR count). The third kappa shape index (κ3) is 7.09. The molecule has 0 saturated carbocycles. The maximum absolute atomic E-state index is 12.9. The van der Waals surface area contributed by atoms with E-state index in [0.717, 1.165) is 44.2 Å². The van der Waals surface area contributed by atoms with E-state index < -0.39 is 0 Å². The average molecular weight is 295 g/mol. The highest BCUT2D eigenvalue weighted by Gasteiger charge is 2.06. The summed E-state index contributed by atoms with van der Waals surface area (Å²) in [5.74, 6) is 0.649. The third-order valence-electron chi connectivity index (χ3n) is 2.94. The molecule has 1 aromatic rings. The van der Waals surface area contributed by atoms with Gasteiger partial charge < -0.3 is 15.0 Å². The monoisotopic (exact) mass is 295 g/mol. The second-order valence-electron chi connectivity index (χ2n) is 4.77. The lowest BCUT2D eigenvalue weighted by Gasteiger charge is -2.22. The Labute approximate surface area is 127 Å². The first-order valence-electron chi connectivity index (χ1n) is 7.49. The zero-order chi connectivity index (χ0) is 15.5. The Morgan fingerprint density at radius 3 is 2.62 bits per heavy atom. The Balaban J connectivity index is 2.53. The van der Waals surface area contributed by atoms with Gasteiger partial charge in [0.2, 0.25) is 0 Å². The number of nitrogens with one attached hydrogen (secondary N) is 1. The first-order valence-corrected chi connectivity index (χ1v) is 7.49. The molecular weight excluding hydrogens is 269 g/mol. The molecule has 0 unspecified atom stereocenters. The maximum Gasteiger partial charge on any atom is 0.193 e. The molecular formula is C16H26FN3O. The van der Waals surface area contributed by atoms with E-state index in [1.165, 1.54) is 12.1 Å². The van der Waals surface area contributed by atoms with Gasteiger partial charge in [-0.1, -0.05) is 12.1 Å². The van der Waals surface area contributed by atoms with Crippen LogP contribution in [0.4, 0.5) is 4.39 Å². The van der Waals surface area contributed by atoms with Crippen LogP contribution in [0.1, 0.15) is 25.8 Å². The molecule has 0 saturated heterocycles. The fourth-order valence-corrected chi connectivity index (χ4v) is 1.90. The van der Waals surface area contributed by atoms with E-state index in [2.05, 4.69) is 10.3 Å². The van der Waals surface area contributed by atoms with E-state index in [9.17, 15) is 4.39 Å². The minimum Gasteiger partial charge on any atom is -0.382 e. The summed E-state index contributed by atoms with van der Waals surface area (Å²) in [5.41, 5.74) is 1.05. The van der Waals surface area contributed by atoms with Crippen molar-refractivity contribution < 1.29 is 9.13 Å². The molecule has 0 atom stereocenters. The third-order valence-corrected chi connectivity index (χ3v) is 2.94. The summed E-state index contributed by atoms with van der Waals surface area (Å²) in [5, 5.41) is 3.27. The number of rotatable bonds is 8. The normalized spacial score (nSPS) is 11.5. The van der Waals surface area contributed by atoms with Gasteiger partial charge in [0.1, 0.15) is 5.82 Å². The number of ether oxygens (including phenoxy) is 1. The molecule has 0 aliphatic heterocycles. The molecule has 1 N–H and O–H groups in total. The Kier molecular flexibility index (Phi) is 8.43. The molecule has 118 valence electrons. The van der Waals surface area contributed by atoms with Crippen molar-refractivity contribution in [1.29, 1.82) is 0 Å². The van der Waals surface area contributed by atoms with Crippen molar-refractivity contribution in [3.05, 3.63) is 35.6 Å². The van der Waals surface area contributed by atoms with Crippen LogP contribution in [-0.2, 0) is 11.3 Å². The number of halogens is 1. The van der Waals surface area contributed by atoms with Gasteiger partial charge in [-0.3, -0.25) is 4.99 Å². The van der Waals surface area contributed by atoms with Gasteiger partial charge in [0.25, 0.3) is 0 Å². The summed E-state index contributed by atoms with van der Waals surface area (Å²) < 4.78 is 18.2. The van der Waals surface area contributed by atoms with Crippen LogP contribution in [0.3, 0.4) is 0 Å².